The number of ether oxygens (including phenoxy) is 1. The number of nitrogens with one attached hydrogen (secondary N) is 1. The van der Waals surface area contributed by atoms with Crippen molar-refractivity contribution in [3.05, 3.63) is 18.2 Å². The van der Waals surface area contributed by atoms with Crippen LogP contribution in [0.4, 0.5) is 4.79 Å². The average molecular weight is 362 g/mol. The zero-order chi connectivity index (χ0) is 10.8. The minimum absolute atomic E-state index is 0.304. The molecule has 1 amide bonds. The van der Waals surface area contributed by atoms with Gasteiger partial charge in [-0.05, 0) is 0 Å². The average Bonchev–Trinajstić information content (AvgIpc) is 2.30. The van der Waals surface area contributed by atoms with Crippen molar-refractivity contribution in [1.29, 1.82) is 0 Å². The van der Waals surface area contributed by atoms with Crippen molar-refractivity contribution in [2.75, 3.05) is 0 Å². The molecule has 0 aromatic rings. The number of amides is 1. The molecule has 0 bridgehead atoms. The Morgan fingerprint density at radius 2 is 2.21 bits per heavy atom. The first-order chi connectivity index (χ1) is 6.37. The fraction of sp³-hybridized carbons (Fsp3) is 0.444. The van der Waals surface area contributed by atoms with Gasteiger partial charge in [0.25, 0.3) is 0 Å². The number of hydrogen-bond acceptors (Lipinski definition) is 2. The van der Waals surface area contributed by atoms with Crippen molar-refractivity contribution in [3.8, 4) is 0 Å². The van der Waals surface area contributed by atoms with E-state index in [1.165, 1.54) is 0 Å². The van der Waals surface area contributed by atoms with E-state index in [-0.39, 0.29) is 6.09 Å². The van der Waals surface area contributed by atoms with E-state index in [0.717, 1.165) is 4.48 Å². The van der Waals surface area contributed by atoms with E-state index in [4.69, 9.17) is 4.74 Å². The normalized spacial score (nSPS) is 15.4. The summed E-state index contributed by atoms with van der Waals surface area (Å²) in [6, 6.07) is 0. The molecule has 1 aliphatic rings. The molecule has 0 radical (unpaired) electrons. The number of carbonyl (C=O) groups excluding carboxylic acids is 1. The summed E-state index contributed by atoms with van der Waals surface area (Å²) in [7, 11) is 0. The summed E-state index contributed by atoms with van der Waals surface area (Å²) in [6.45, 7) is 5.58. The first kappa shape index (κ1) is 12.2. The molecule has 0 aromatic heterocycles. The Hall–Kier alpha value is 0.100. The number of halogens is 1. The summed E-state index contributed by atoms with van der Waals surface area (Å²) in [5.74, 6) is 0. The fourth-order valence-electron chi connectivity index (χ4n) is 1.01. The second-order valence-electron chi connectivity index (χ2n) is 4.08. The molecule has 1 aliphatic heterocycles. The second-order valence-corrected chi connectivity index (χ2v) is 10.9. The van der Waals surface area contributed by atoms with Crippen LogP contribution in [-0.2, 0) is 4.74 Å². The van der Waals surface area contributed by atoms with Crippen LogP contribution in [0.25, 0.3) is 0 Å². The predicted molar refractivity (Wildman–Crippen MR) is 61.3 cm³/mol. The van der Waals surface area contributed by atoms with Crippen LogP contribution in [0, 0.1) is 0 Å². The van der Waals surface area contributed by atoms with Crippen LogP contribution in [0.2, 0.25) is 0 Å². The molecule has 0 fully saturated rings. The zero-order valence-corrected chi connectivity index (χ0v) is 13.4. The summed E-state index contributed by atoms with van der Waals surface area (Å²) in [4.78, 5) is 11.4. The van der Waals surface area contributed by atoms with Gasteiger partial charge in [0.05, 0.1) is 0 Å². The van der Waals surface area contributed by atoms with Crippen molar-refractivity contribution in [3.63, 3.8) is 0 Å². The summed E-state index contributed by atoms with van der Waals surface area (Å²) in [5.41, 5.74) is -0.417. The van der Waals surface area contributed by atoms with E-state index in [9.17, 15) is 4.79 Å². The van der Waals surface area contributed by atoms with Crippen molar-refractivity contribution < 1.29 is 9.53 Å². The third-order valence-electron chi connectivity index (χ3n) is 1.48. The van der Waals surface area contributed by atoms with Gasteiger partial charge in [0.1, 0.15) is 0 Å². The van der Waals surface area contributed by atoms with E-state index in [2.05, 4.69) is 26.9 Å². The van der Waals surface area contributed by atoms with Gasteiger partial charge < -0.3 is 0 Å². The van der Waals surface area contributed by atoms with E-state index in [0.29, 0.717) is 0 Å². The Bertz CT molecular complexity index is 294. The Kier molecular flexibility index (Phi) is 4.13. The van der Waals surface area contributed by atoms with E-state index in [1.54, 1.807) is 0 Å². The summed E-state index contributed by atoms with van der Waals surface area (Å²) >= 11 is 1.28. The molecule has 5 heteroatoms. The molecule has 0 unspecified atom stereocenters. The Labute approximate surface area is 101 Å². The van der Waals surface area contributed by atoms with Gasteiger partial charge in [-0.15, -0.1) is 0 Å². The van der Waals surface area contributed by atoms with Crippen molar-refractivity contribution in [1.82, 2.24) is 3.30 Å². The summed E-state index contributed by atoms with van der Waals surface area (Å²) in [6.07, 6.45) is 1.68. The number of carbonyl (C=O) groups is 1. The van der Waals surface area contributed by atoms with Gasteiger partial charge >= 0.3 is 101 Å². The SMILES string of the molecule is CC(C)(C)OC(=O)[NH][In]1[CH]=CC(Br)=[CH]1. The summed E-state index contributed by atoms with van der Waals surface area (Å²) in [5, 5.41) is 0. The molecular formula is C9H13BrInNO2. The molecule has 0 atom stereocenters. The maximum absolute atomic E-state index is 11.4. The molecule has 0 spiro atoms. The Balaban J connectivity index is 2.39. The fourth-order valence-corrected chi connectivity index (χ4v) is 8.13. The first-order valence-electron chi connectivity index (χ1n) is 4.42. The van der Waals surface area contributed by atoms with Gasteiger partial charge in [0, 0.05) is 0 Å². The molecule has 0 aromatic carbocycles. The molecule has 3 nitrogen and oxygen atoms in total. The molecule has 1 N–H and O–H groups in total. The molecule has 0 aliphatic carbocycles. The third-order valence-corrected chi connectivity index (χ3v) is 8.81. The van der Waals surface area contributed by atoms with Crippen molar-refractivity contribution in [2.45, 2.75) is 26.4 Å². The van der Waals surface area contributed by atoms with Crippen LogP contribution in [-0.4, -0.2) is 33.4 Å². The van der Waals surface area contributed by atoms with E-state index < -0.39 is 27.3 Å². The summed E-state index contributed by atoms with van der Waals surface area (Å²) < 4.78 is 13.3. The van der Waals surface area contributed by atoms with Crippen LogP contribution >= 0.6 is 15.9 Å². The Morgan fingerprint density at radius 3 is 2.64 bits per heavy atom. The molecular weight excluding hydrogens is 349 g/mol. The number of hydrogen-bond donors (Lipinski definition) is 1. The molecule has 0 saturated heterocycles. The van der Waals surface area contributed by atoms with E-state index in [1.807, 2.05) is 26.8 Å². The van der Waals surface area contributed by atoms with Gasteiger partial charge in [-0.3, -0.25) is 0 Å². The van der Waals surface area contributed by atoms with Gasteiger partial charge in [0.15, 0.2) is 0 Å². The van der Waals surface area contributed by atoms with Crippen molar-refractivity contribution in [2.24, 2.45) is 0 Å². The predicted octanol–water partition coefficient (Wildman–Crippen LogP) is 2.43. The van der Waals surface area contributed by atoms with E-state index >= 15 is 0 Å². The molecule has 0 saturated carbocycles. The van der Waals surface area contributed by atoms with Crippen LogP contribution in [0.5, 0.6) is 0 Å². The third kappa shape index (κ3) is 4.55. The first-order valence-corrected chi connectivity index (χ1v) is 10.7. The molecule has 76 valence electrons. The minimum atomic E-state index is -2.08. The van der Waals surface area contributed by atoms with Crippen molar-refractivity contribution >= 4 is 43.7 Å². The number of rotatable bonds is 1. The quantitative estimate of drug-likeness (QED) is 0.779. The number of allylic oxidation sites excluding steroid dienone is 2. The maximum atomic E-state index is 11.4. The van der Waals surface area contributed by atoms with Gasteiger partial charge in [-0.25, -0.2) is 0 Å². The molecule has 1 heterocycles. The van der Waals surface area contributed by atoms with Crippen LogP contribution in [0.1, 0.15) is 20.8 Å². The van der Waals surface area contributed by atoms with Crippen LogP contribution < -0.4 is 3.30 Å². The van der Waals surface area contributed by atoms with Gasteiger partial charge in [0.2, 0.25) is 0 Å². The van der Waals surface area contributed by atoms with Crippen LogP contribution in [0.3, 0.4) is 0 Å². The zero-order valence-electron chi connectivity index (χ0n) is 8.50. The monoisotopic (exact) mass is 361 g/mol. The van der Waals surface area contributed by atoms with Gasteiger partial charge in [-0.1, -0.05) is 0 Å². The standard InChI is InChI=1S/C5H11NO2.C4H3Br.In/c1-5(2,3)8-4(6)7;1-3-4(2)5;/h1-3H3,(H2,6,7);1-3H;/q;;+1/p-1. The topological polar surface area (TPSA) is 38.3 Å². The second kappa shape index (κ2) is 4.75. The Morgan fingerprint density at radius 1 is 1.57 bits per heavy atom. The molecule has 14 heavy (non-hydrogen) atoms. The molecule has 1 rings (SSSR count). The van der Waals surface area contributed by atoms with Gasteiger partial charge in [-0.2, -0.15) is 0 Å². The van der Waals surface area contributed by atoms with Crippen LogP contribution in [0.15, 0.2) is 18.2 Å².